The van der Waals surface area contributed by atoms with Gasteiger partial charge in [-0.3, -0.25) is 0 Å². The summed E-state index contributed by atoms with van der Waals surface area (Å²) in [5, 5.41) is 0.639. The standard InChI is InChI=1S/C8H17NS/c1-2-5-9-6-3-4-8(10)7-9/h8,10H,2-7H2,1H3. The van der Waals surface area contributed by atoms with Gasteiger partial charge in [0.05, 0.1) is 0 Å². The lowest BCUT2D eigenvalue weighted by molar-refractivity contribution is 0.235. The zero-order valence-corrected chi connectivity index (χ0v) is 7.61. The topological polar surface area (TPSA) is 3.24 Å². The zero-order valence-electron chi connectivity index (χ0n) is 6.71. The van der Waals surface area contributed by atoms with E-state index in [2.05, 4.69) is 24.5 Å². The van der Waals surface area contributed by atoms with E-state index in [9.17, 15) is 0 Å². The Bertz CT molecular complexity index is 93.3. The molecule has 1 aliphatic heterocycles. The van der Waals surface area contributed by atoms with Gasteiger partial charge in [0, 0.05) is 11.8 Å². The zero-order chi connectivity index (χ0) is 7.40. The van der Waals surface area contributed by atoms with Crippen LogP contribution >= 0.6 is 12.6 Å². The number of likely N-dealkylation sites (tertiary alicyclic amines) is 1. The van der Waals surface area contributed by atoms with Crippen molar-refractivity contribution in [1.29, 1.82) is 0 Å². The second-order valence-corrected chi connectivity index (χ2v) is 3.83. The summed E-state index contributed by atoms with van der Waals surface area (Å²) in [7, 11) is 0. The van der Waals surface area contributed by atoms with Crippen LogP contribution in [0.5, 0.6) is 0 Å². The summed E-state index contributed by atoms with van der Waals surface area (Å²) < 4.78 is 0. The molecule has 0 N–H and O–H groups in total. The van der Waals surface area contributed by atoms with Crippen LogP contribution in [-0.2, 0) is 0 Å². The first-order chi connectivity index (χ1) is 4.83. The van der Waals surface area contributed by atoms with Gasteiger partial charge in [0.25, 0.3) is 0 Å². The third-order valence-electron chi connectivity index (χ3n) is 2.02. The van der Waals surface area contributed by atoms with E-state index in [-0.39, 0.29) is 0 Å². The minimum absolute atomic E-state index is 0.639. The highest BCUT2D eigenvalue weighted by Gasteiger charge is 2.14. The van der Waals surface area contributed by atoms with Crippen molar-refractivity contribution >= 4 is 12.6 Å². The van der Waals surface area contributed by atoms with Gasteiger partial charge in [-0.25, -0.2) is 0 Å². The maximum Gasteiger partial charge on any atom is 0.0145 e. The van der Waals surface area contributed by atoms with Crippen molar-refractivity contribution in [3.63, 3.8) is 0 Å². The smallest absolute Gasteiger partial charge is 0.0145 e. The molecular weight excluding hydrogens is 142 g/mol. The second kappa shape index (κ2) is 4.24. The molecule has 0 bridgehead atoms. The first-order valence-electron chi connectivity index (χ1n) is 4.23. The highest BCUT2D eigenvalue weighted by molar-refractivity contribution is 7.81. The van der Waals surface area contributed by atoms with E-state index < -0.39 is 0 Å². The summed E-state index contributed by atoms with van der Waals surface area (Å²) >= 11 is 4.47. The molecule has 1 unspecified atom stereocenters. The monoisotopic (exact) mass is 159 g/mol. The first kappa shape index (κ1) is 8.41. The van der Waals surface area contributed by atoms with Crippen LogP contribution in [0.3, 0.4) is 0 Å². The Morgan fingerprint density at radius 3 is 3.00 bits per heavy atom. The lowest BCUT2D eigenvalue weighted by Crippen LogP contribution is -2.36. The summed E-state index contributed by atoms with van der Waals surface area (Å²) in [6, 6.07) is 0. The van der Waals surface area contributed by atoms with Gasteiger partial charge >= 0.3 is 0 Å². The minimum atomic E-state index is 0.639. The van der Waals surface area contributed by atoms with Gasteiger partial charge in [-0.1, -0.05) is 6.92 Å². The van der Waals surface area contributed by atoms with Crippen LogP contribution in [0.2, 0.25) is 0 Å². The summed E-state index contributed by atoms with van der Waals surface area (Å²) in [5.74, 6) is 0. The molecule has 1 heterocycles. The Hall–Kier alpha value is 0.310. The van der Waals surface area contributed by atoms with Crippen LogP contribution in [0.1, 0.15) is 26.2 Å². The summed E-state index contributed by atoms with van der Waals surface area (Å²) in [6.07, 6.45) is 3.93. The Balaban J connectivity index is 2.18. The number of rotatable bonds is 2. The van der Waals surface area contributed by atoms with E-state index in [0.29, 0.717) is 5.25 Å². The van der Waals surface area contributed by atoms with Crippen LogP contribution in [0.4, 0.5) is 0 Å². The van der Waals surface area contributed by atoms with E-state index in [1.807, 2.05) is 0 Å². The fraction of sp³-hybridized carbons (Fsp3) is 1.00. The van der Waals surface area contributed by atoms with Crippen molar-refractivity contribution in [2.24, 2.45) is 0 Å². The summed E-state index contributed by atoms with van der Waals surface area (Å²) in [4.78, 5) is 2.52. The van der Waals surface area contributed by atoms with Crippen molar-refractivity contribution in [1.82, 2.24) is 4.90 Å². The van der Waals surface area contributed by atoms with E-state index in [1.165, 1.54) is 38.9 Å². The van der Waals surface area contributed by atoms with Crippen LogP contribution in [-0.4, -0.2) is 29.8 Å². The predicted octanol–water partition coefficient (Wildman–Crippen LogP) is 1.79. The molecule has 0 saturated carbocycles. The lowest BCUT2D eigenvalue weighted by Gasteiger charge is -2.29. The average Bonchev–Trinajstić information content (AvgIpc) is 1.88. The Labute approximate surface area is 69.2 Å². The summed E-state index contributed by atoms with van der Waals surface area (Å²) in [6.45, 7) is 6.00. The molecule has 0 spiro atoms. The van der Waals surface area contributed by atoms with E-state index >= 15 is 0 Å². The van der Waals surface area contributed by atoms with Gasteiger partial charge in [0.1, 0.15) is 0 Å². The van der Waals surface area contributed by atoms with E-state index in [4.69, 9.17) is 0 Å². The van der Waals surface area contributed by atoms with Gasteiger partial charge in [0.15, 0.2) is 0 Å². The van der Waals surface area contributed by atoms with Crippen molar-refractivity contribution in [3.8, 4) is 0 Å². The molecule has 0 amide bonds. The normalized spacial score (nSPS) is 28.8. The van der Waals surface area contributed by atoms with Crippen LogP contribution in [0.25, 0.3) is 0 Å². The van der Waals surface area contributed by atoms with Crippen LogP contribution in [0, 0.1) is 0 Å². The number of hydrogen-bond donors (Lipinski definition) is 1. The minimum Gasteiger partial charge on any atom is -0.302 e. The molecule has 1 nitrogen and oxygen atoms in total. The summed E-state index contributed by atoms with van der Waals surface area (Å²) in [5.41, 5.74) is 0. The number of piperidine rings is 1. The maximum absolute atomic E-state index is 4.47. The van der Waals surface area contributed by atoms with Crippen molar-refractivity contribution in [3.05, 3.63) is 0 Å². The van der Waals surface area contributed by atoms with Crippen molar-refractivity contribution in [2.45, 2.75) is 31.4 Å². The van der Waals surface area contributed by atoms with Gasteiger partial charge in [-0.15, -0.1) is 0 Å². The Morgan fingerprint density at radius 2 is 2.40 bits per heavy atom. The molecule has 0 aromatic rings. The molecule has 0 aromatic carbocycles. The lowest BCUT2D eigenvalue weighted by atomic mass is 10.1. The third kappa shape index (κ3) is 2.51. The first-order valence-corrected chi connectivity index (χ1v) is 4.75. The molecule has 0 aromatic heterocycles. The highest BCUT2D eigenvalue weighted by atomic mass is 32.1. The maximum atomic E-state index is 4.47. The molecule has 60 valence electrons. The Morgan fingerprint density at radius 1 is 1.60 bits per heavy atom. The number of thiol groups is 1. The van der Waals surface area contributed by atoms with Gasteiger partial charge in [0.2, 0.25) is 0 Å². The van der Waals surface area contributed by atoms with E-state index in [1.54, 1.807) is 0 Å². The fourth-order valence-corrected chi connectivity index (χ4v) is 1.96. The molecule has 0 aliphatic carbocycles. The molecule has 1 fully saturated rings. The molecule has 2 heteroatoms. The quantitative estimate of drug-likeness (QED) is 0.601. The van der Waals surface area contributed by atoms with E-state index in [0.717, 1.165) is 0 Å². The molecule has 1 saturated heterocycles. The molecular formula is C8H17NS. The van der Waals surface area contributed by atoms with Crippen LogP contribution in [0.15, 0.2) is 0 Å². The average molecular weight is 159 g/mol. The highest BCUT2D eigenvalue weighted by Crippen LogP contribution is 2.14. The second-order valence-electron chi connectivity index (χ2n) is 3.10. The molecule has 10 heavy (non-hydrogen) atoms. The van der Waals surface area contributed by atoms with Crippen LogP contribution < -0.4 is 0 Å². The predicted molar refractivity (Wildman–Crippen MR) is 48.7 cm³/mol. The number of nitrogens with zero attached hydrogens (tertiary/aromatic N) is 1. The number of hydrogen-bond acceptors (Lipinski definition) is 2. The molecule has 1 rings (SSSR count). The third-order valence-corrected chi connectivity index (χ3v) is 2.44. The van der Waals surface area contributed by atoms with Gasteiger partial charge in [-0.05, 0) is 32.4 Å². The molecule has 1 atom stereocenters. The SMILES string of the molecule is CCCN1CCCC(S)C1. The Kier molecular flexibility index (Phi) is 3.57. The molecule has 1 aliphatic rings. The van der Waals surface area contributed by atoms with Crippen molar-refractivity contribution in [2.75, 3.05) is 19.6 Å². The van der Waals surface area contributed by atoms with Gasteiger partial charge < -0.3 is 4.90 Å². The molecule has 0 radical (unpaired) electrons. The largest absolute Gasteiger partial charge is 0.302 e. The fourth-order valence-electron chi connectivity index (χ4n) is 1.55. The van der Waals surface area contributed by atoms with Gasteiger partial charge in [-0.2, -0.15) is 12.6 Å². The van der Waals surface area contributed by atoms with Crippen molar-refractivity contribution < 1.29 is 0 Å².